The first kappa shape index (κ1) is 34.5. The smallest absolute Gasteiger partial charge is 0.416 e. The third-order valence-corrected chi connectivity index (χ3v) is 10.7. The number of carbonyl (C=O) groups is 4. The van der Waals surface area contributed by atoms with E-state index in [4.69, 9.17) is 4.74 Å². The molecule has 2 aliphatic heterocycles. The molecule has 0 radical (unpaired) electrons. The van der Waals surface area contributed by atoms with Crippen LogP contribution in [0.25, 0.3) is 0 Å². The fraction of sp³-hybridized carbons (Fsp3) is 0.351. The number of alkyl halides is 6. The summed E-state index contributed by atoms with van der Waals surface area (Å²) in [5.74, 6) is -7.90. The first-order valence-corrected chi connectivity index (χ1v) is 16.2. The minimum absolute atomic E-state index is 0.0781. The van der Waals surface area contributed by atoms with Crippen molar-refractivity contribution in [1.29, 1.82) is 0 Å². The van der Waals surface area contributed by atoms with Crippen LogP contribution in [0.3, 0.4) is 0 Å². The number of para-hydroxylation sites is 2. The average Bonchev–Trinajstić information content (AvgIpc) is 3.46. The number of aliphatic hydroxyl groups is 1. The number of anilines is 2. The third kappa shape index (κ3) is 5.33. The molecule has 51 heavy (non-hydrogen) atoms. The van der Waals surface area contributed by atoms with E-state index in [-0.39, 0.29) is 32.1 Å². The van der Waals surface area contributed by atoms with E-state index in [1.807, 2.05) is 0 Å². The van der Waals surface area contributed by atoms with E-state index >= 15 is 0 Å². The van der Waals surface area contributed by atoms with E-state index in [2.05, 4.69) is 0 Å². The molecular formula is C37H30F6N2O6. The zero-order valence-corrected chi connectivity index (χ0v) is 26.9. The molecule has 1 N–H and O–H groups in total. The van der Waals surface area contributed by atoms with Gasteiger partial charge in [0.25, 0.3) is 0 Å². The lowest BCUT2D eigenvalue weighted by molar-refractivity contribution is -0.143. The first-order chi connectivity index (χ1) is 24.1. The Kier molecular flexibility index (Phi) is 8.16. The Balaban J connectivity index is 1.36. The summed E-state index contributed by atoms with van der Waals surface area (Å²) >= 11 is 0. The number of amides is 4. The minimum atomic E-state index is -5.21. The lowest BCUT2D eigenvalue weighted by Gasteiger charge is -2.49. The lowest BCUT2D eigenvalue weighted by atomic mass is 9.51. The molecule has 3 aromatic carbocycles. The van der Waals surface area contributed by atoms with Gasteiger partial charge in [-0.15, -0.1) is 0 Å². The molecule has 4 amide bonds. The maximum absolute atomic E-state index is 14.5. The zero-order valence-electron chi connectivity index (χ0n) is 26.9. The zero-order chi connectivity index (χ0) is 36.6. The van der Waals surface area contributed by atoms with Crippen LogP contribution in [0.1, 0.15) is 42.4 Å². The number of hydrogen-bond donors (Lipinski definition) is 1. The second kappa shape index (κ2) is 12.1. The molecule has 2 aliphatic carbocycles. The third-order valence-electron chi connectivity index (χ3n) is 10.7. The number of carbonyl (C=O) groups excluding carboxylic acids is 4. The summed E-state index contributed by atoms with van der Waals surface area (Å²) in [7, 11) is 0. The molecule has 7 rings (SSSR count). The van der Waals surface area contributed by atoms with Gasteiger partial charge in [-0.25, -0.2) is 9.80 Å². The van der Waals surface area contributed by atoms with Crippen LogP contribution in [0.4, 0.5) is 37.7 Å². The van der Waals surface area contributed by atoms with Crippen molar-refractivity contribution in [2.45, 2.75) is 38.0 Å². The number of ether oxygens (including phenoxy) is 1. The Morgan fingerprint density at radius 3 is 2.04 bits per heavy atom. The Labute approximate surface area is 287 Å². The Bertz CT molecular complexity index is 1950. The van der Waals surface area contributed by atoms with Gasteiger partial charge in [-0.05, 0) is 62.1 Å². The van der Waals surface area contributed by atoms with Gasteiger partial charge in [-0.3, -0.25) is 19.2 Å². The van der Waals surface area contributed by atoms with Crippen molar-refractivity contribution in [2.75, 3.05) is 23.0 Å². The van der Waals surface area contributed by atoms with E-state index in [0.717, 1.165) is 4.90 Å². The summed E-state index contributed by atoms with van der Waals surface area (Å²) in [6.07, 6.45) is -8.90. The first-order valence-electron chi connectivity index (χ1n) is 16.2. The number of allylic oxidation sites excluding steroid dienone is 2. The Morgan fingerprint density at radius 1 is 0.784 bits per heavy atom. The molecule has 14 heteroatoms. The Morgan fingerprint density at radius 2 is 1.41 bits per heavy atom. The maximum Gasteiger partial charge on any atom is 0.416 e. The fourth-order valence-electron chi connectivity index (χ4n) is 8.51. The highest BCUT2D eigenvalue weighted by atomic mass is 19.4. The van der Waals surface area contributed by atoms with Crippen LogP contribution < -0.4 is 14.5 Å². The number of hydrogen-bond acceptors (Lipinski definition) is 6. The van der Waals surface area contributed by atoms with Crippen molar-refractivity contribution in [3.63, 3.8) is 0 Å². The van der Waals surface area contributed by atoms with Crippen LogP contribution in [0, 0.1) is 29.1 Å². The molecule has 3 fully saturated rings. The summed E-state index contributed by atoms with van der Waals surface area (Å²) in [5, 5.41) is 9.51. The van der Waals surface area contributed by atoms with Crippen molar-refractivity contribution >= 4 is 35.0 Å². The summed E-state index contributed by atoms with van der Waals surface area (Å²) in [6.45, 7) is 1.23. The number of fused-ring (bicyclic) bond motifs is 4. The summed E-state index contributed by atoms with van der Waals surface area (Å²) < 4.78 is 88.5. The molecule has 0 bridgehead atoms. The Hall–Kier alpha value is -4.98. The molecule has 2 heterocycles. The van der Waals surface area contributed by atoms with Gasteiger partial charge in [0.05, 0.1) is 52.3 Å². The monoisotopic (exact) mass is 712 g/mol. The van der Waals surface area contributed by atoms with Crippen LogP contribution in [0.5, 0.6) is 5.75 Å². The second-order valence-corrected chi connectivity index (χ2v) is 13.4. The topological polar surface area (TPSA) is 104 Å². The number of halogens is 6. The van der Waals surface area contributed by atoms with Crippen molar-refractivity contribution in [3.05, 3.63) is 101 Å². The molecule has 0 spiro atoms. The van der Waals surface area contributed by atoms with Crippen LogP contribution >= 0.6 is 0 Å². The summed E-state index contributed by atoms with van der Waals surface area (Å²) in [4.78, 5) is 58.5. The molecule has 266 valence electrons. The van der Waals surface area contributed by atoms with Gasteiger partial charge >= 0.3 is 12.4 Å². The fourth-order valence-corrected chi connectivity index (χ4v) is 8.51. The van der Waals surface area contributed by atoms with Gasteiger partial charge in [0, 0.05) is 11.5 Å². The average molecular weight is 713 g/mol. The van der Waals surface area contributed by atoms with Gasteiger partial charge in [0.1, 0.15) is 12.4 Å². The predicted octanol–water partition coefficient (Wildman–Crippen LogP) is 6.53. The number of rotatable bonds is 6. The number of benzene rings is 3. The van der Waals surface area contributed by atoms with E-state index in [9.17, 15) is 50.6 Å². The van der Waals surface area contributed by atoms with Crippen LogP contribution in [-0.4, -0.2) is 41.9 Å². The minimum Gasteiger partial charge on any atom is -0.491 e. The van der Waals surface area contributed by atoms with Crippen LogP contribution in [0.15, 0.2) is 84.4 Å². The van der Waals surface area contributed by atoms with Gasteiger partial charge in [0.2, 0.25) is 23.6 Å². The normalized spacial score (nSPS) is 27.7. The van der Waals surface area contributed by atoms with Gasteiger partial charge in [-0.1, -0.05) is 48.0 Å². The molecule has 4 aliphatic rings. The summed E-state index contributed by atoms with van der Waals surface area (Å²) in [5.41, 5.74) is -4.31. The standard InChI is InChI=1S/C37H30F6N2O6/c1-35-27(32(48)45(34(35)50)21-7-3-2-4-8-21)18-26-23(30(35)24-9-5-6-10-28(24)51-14-13-46)11-12-25-29(26)33(49)44(31(25)47)22-16-19(36(38,39)40)15-20(17-22)37(41,42)43/h2-11,15-17,25-27,29-30,46H,12-14,18H2,1H3/t25-,26+,27-,29-,30+,35+/m0/s1. The van der Waals surface area contributed by atoms with Crippen molar-refractivity contribution in [3.8, 4) is 5.75 Å². The molecule has 8 nitrogen and oxygen atoms in total. The largest absolute Gasteiger partial charge is 0.491 e. The predicted molar refractivity (Wildman–Crippen MR) is 169 cm³/mol. The molecule has 2 saturated heterocycles. The molecule has 0 aromatic heterocycles. The highest BCUT2D eigenvalue weighted by Gasteiger charge is 2.68. The molecular weight excluding hydrogens is 682 g/mol. The van der Waals surface area contributed by atoms with Crippen molar-refractivity contribution in [2.24, 2.45) is 29.1 Å². The highest BCUT2D eigenvalue weighted by Crippen LogP contribution is 2.64. The second-order valence-electron chi connectivity index (χ2n) is 13.4. The molecule has 3 aromatic rings. The van der Waals surface area contributed by atoms with Crippen molar-refractivity contribution in [1.82, 2.24) is 0 Å². The van der Waals surface area contributed by atoms with Crippen LogP contribution in [-0.2, 0) is 31.5 Å². The molecule has 1 saturated carbocycles. The SMILES string of the molecule is C[C@@]12C(=O)N(c3ccccc3)C(=O)[C@@H]1C[C@@H]1C(=CC[C@@H]3C(=O)N(c4cc(C(F)(F)F)cc(C(F)(F)F)c4)C(=O)[C@@H]31)[C@@H]2c1ccccc1OCCO. The number of nitrogens with zero attached hydrogens (tertiary/aromatic N) is 2. The van der Waals surface area contributed by atoms with Crippen molar-refractivity contribution < 1.29 is 55.4 Å². The lowest BCUT2D eigenvalue weighted by Crippen LogP contribution is -2.49. The van der Waals surface area contributed by atoms with Gasteiger partial charge < -0.3 is 9.84 Å². The molecule has 6 atom stereocenters. The van der Waals surface area contributed by atoms with E-state index in [0.29, 0.717) is 39.6 Å². The number of aliphatic hydroxyl groups excluding tert-OH is 1. The van der Waals surface area contributed by atoms with Gasteiger partial charge in [0.15, 0.2) is 0 Å². The van der Waals surface area contributed by atoms with E-state index in [1.54, 1.807) is 67.6 Å². The van der Waals surface area contributed by atoms with E-state index < -0.39 is 87.8 Å². The number of imide groups is 2. The highest BCUT2D eigenvalue weighted by molar-refractivity contribution is 6.25. The maximum atomic E-state index is 14.5. The van der Waals surface area contributed by atoms with E-state index in [1.165, 1.54) is 0 Å². The van der Waals surface area contributed by atoms with Gasteiger partial charge in [-0.2, -0.15) is 26.3 Å². The summed E-state index contributed by atoms with van der Waals surface area (Å²) in [6, 6.07) is 15.6. The van der Waals surface area contributed by atoms with Crippen LogP contribution in [0.2, 0.25) is 0 Å². The quantitative estimate of drug-likeness (QED) is 0.177. The molecule has 0 unspecified atom stereocenters.